The van der Waals surface area contributed by atoms with Gasteiger partial charge in [-0.3, -0.25) is 4.79 Å². The lowest BCUT2D eigenvalue weighted by Crippen LogP contribution is -2.22. The second-order valence-corrected chi connectivity index (χ2v) is 4.24. The molecule has 17 heavy (non-hydrogen) atoms. The van der Waals surface area contributed by atoms with Gasteiger partial charge in [-0.1, -0.05) is 17.7 Å². The van der Waals surface area contributed by atoms with E-state index in [-0.39, 0.29) is 11.9 Å². The summed E-state index contributed by atoms with van der Waals surface area (Å²) in [6.07, 6.45) is 3.73. The lowest BCUT2D eigenvalue weighted by molar-refractivity contribution is -0.118. The Morgan fingerprint density at radius 2 is 2.00 bits per heavy atom. The summed E-state index contributed by atoms with van der Waals surface area (Å²) in [5.74, 6) is -0.0662. The van der Waals surface area contributed by atoms with Crippen molar-refractivity contribution in [2.45, 2.75) is 13.0 Å². The van der Waals surface area contributed by atoms with Gasteiger partial charge in [-0.05, 0) is 37.3 Å². The van der Waals surface area contributed by atoms with E-state index in [4.69, 9.17) is 11.6 Å². The van der Waals surface area contributed by atoms with E-state index >= 15 is 0 Å². The Morgan fingerprint density at radius 1 is 1.29 bits per heavy atom. The van der Waals surface area contributed by atoms with Crippen molar-refractivity contribution in [3.63, 3.8) is 0 Å². The average molecular weight is 249 g/mol. The number of amides is 1. The zero-order valence-electron chi connectivity index (χ0n) is 9.43. The predicted molar refractivity (Wildman–Crippen MR) is 69.2 cm³/mol. The van der Waals surface area contributed by atoms with Crippen LogP contribution in [0.15, 0.2) is 48.8 Å². The highest BCUT2D eigenvalue weighted by Gasteiger charge is 2.13. The summed E-state index contributed by atoms with van der Waals surface area (Å²) in [7, 11) is 0. The largest absolute Gasteiger partial charge is 0.342 e. The number of rotatable bonds is 3. The summed E-state index contributed by atoms with van der Waals surface area (Å²) in [6, 6.07) is 10.6. The van der Waals surface area contributed by atoms with Crippen LogP contribution in [0.4, 0.5) is 5.69 Å². The smallest absolute Gasteiger partial charge is 0.247 e. The first-order chi connectivity index (χ1) is 8.16. The van der Waals surface area contributed by atoms with Crippen molar-refractivity contribution in [1.82, 2.24) is 4.57 Å². The molecule has 0 bridgehead atoms. The van der Waals surface area contributed by atoms with Gasteiger partial charge in [-0.25, -0.2) is 0 Å². The summed E-state index contributed by atoms with van der Waals surface area (Å²) < 4.78 is 1.85. The predicted octanol–water partition coefficient (Wildman–Crippen LogP) is 3.34. The number of hydrogen-bond donors (Lipinski definition) is 1. The Hall–Kier alpha value is -1.74. The van der Waals surface area contributed by atoms with Gasteiger partial charge in [-0.15, -0.1) is 0 Å². The van der Waals surface area contributed by atoms with Crippen molar-refractivity contribution in [2.75, 3.05) is 5.32 Å². The number of anilines is 1. The molecule has 0 fully saturated rings. The van der Waals surface area contributed by atoms with E-state index in [9.17, 15) is 4.79 Å². The summed E-state index contributed by atoms with van der Waals surface area (Å²) in [5.41, 5.74) is 0.710. The van der Waals surface area contributed by atoms with Crippen LogP contribution in [0.1, 0.15) is 13.0 Å². The van der Waals surface area contributed by atoms with Gasteiger partial charge >= 0.3 is 0 Å². The third-order valence-electron chi connectivity index (χ3n) is 2.55. The van der Waals surface area contributed by atoms with Gasteiger partial charge in [0.05, 0.1) is 0 Å². The first kappa shape index (κ1) is 11.7. The number of carbonyl (C=O) groups excluding carboxylic acids is 1. The van der Waals surface area contributed by atoms with Gasteiger partial charge in [-0.2, -0.15) is 0 Å². The molecule has 0 aliphatic rings. The Labute approximate surface area is 105 Å². The molecule has 1 atom stereocenters. The third-order valence-corrected chi connectivity index (χ3v) is 2.78. The summed E-state index contributed by atoms with van der Waals surface area (Å²) in [5, 5.41) is 3.43. The fourth-order valence-corrected chi connectivity index (χ4v) is 1.74. The first-order valence-electron chi connectivity index (χ1n) is 5.36. The maximum atomic E-state index is 11.9. The molecule has 1 N–H and O–H groups in total. The maximum absolute atomic E-state index is 11.9. The second kappa shape index (κ2) is 5.06. The van der Waals surface area contributed by atoms with Crippen molar-refractivity contribution in [1.29, 1.82) is 0 Å². The Balaban J connectivity index is 2.07. The number of carbonyl (C=O) groups is 1. The molecular weight excluding hydrogens is 236 g/mol. The van der Waals surface area contributed by atoms with Crippen molar-refractivity contribution in [2.24, 2.45) is 0 Å². The summed E-state index contributed by atoms with van der Waals surface area (Å²) in [6.45, 7) is 1.85. The van der Waals surface area contributed by atoms with E-state index in [0.29, 0.717) is 10.7 Å². The van der Waals surface area contributed by atoms with Gasteiger partial charge in [0.2, 0.25) is 5.91 Å². The van der Waals surface area contributed by atoms with E-state index in [1.165, 1.54) is 0 Å². The monoisotopic (exact) mass is 248 g/mol. The molecule has 3 nitrogen and oxygen atoms in total. The first-order valence-corrected chi connectivity index (χ1v) is 5.73. The van der Waals surface area contributed by atoms with E-state index in [0.717, 1.165) is 0 Å². The minimum absolute atomic E-state index is 0.0662. The highest BCUT2D eigenvalue weighted by Crippen LogP contribution is 2.16. The molecule has 0 saturated heterocycles. The molecule has 2 aromatic rings. The van der Waals surface area contributed by atoms with E-state index < -0.39 is 0 Å². The Morgan fingerprint density at radius 3 is 2.65 bits per heavy atom. The van der Waals surface area contributed by atoms with Gasteiger partial charge in [0, 0.05) is 23.1 Å². The van der Waals surface area contributed by atoms with Crippen molar-refractivity contribution >= 4 is 23.2 Å². The molecule has 0 saturated carbocycles. The van der Waals surface area contributed by atoms with Crippen molar-refractivity contribution < 1.29 is 4.79 Å². The molecule has 0 aliphatic heterocycles. The highest BCUT2D eigenvalue weighted by atomic mass is 35.5. The molecule has 1 aromatic carbocycles. The zero-order valence-corrected chi connectivity index (χ0v) is 10.2. The summed E-state index contributed by atoms with van der Waals surface area (Å²) in [4.78, 5) is 11.9. The normalized spacial score (nSPS) is 12.1. The van der Waals surface area contributed by atoms with Crippen LogP contribution in [-0.4, -0.2) is 10.5 Å². The zero-order chi connectivity index (χ0) is 12.3. The molecule has 4 heteroatoms. The van der Waals surface area contributed by atoms with Crippen LogP contribution in [0.25, 0.3) is 0 Å². The average Bonchev–Trinajstić information content (AvgIpc) is 2.81. The molecule has 88 valence electrons. The molecular formula is C13H13ClN2O. The van der Waals surface area contributed by atoms with Gasteiger partial charge in [0.1, 0.15) is 6.04 Å². The third kappa shape index (κ3) is 2.88. The molecule has 1 amide bonds. The Bertz CT molecular complexity index is 508. The number of nitrogens with zero attached hydrogens (tertiary/aromatic N) is 1. The number of aromatic nitrogens is 1. The van der Waals surface area contributed by atoms with E-state index in [1.807, 2.05) is 42.1 Å². The summed E-state index contributed by atoms with van der Waals surface area (Å²) >= 11 is 5.85. The Kier molecular flexibility index (Phi) is 3.49. The molecule has 0 aliphatic carbocycles. The molecule has 1 heterocycles. The molecule has 1 aromatic heterocycles. The minimum atomic E-state index is -0.246. The lowest BCUT2D eigenvalue weighted by atomic mass is 10.2. The number of hydrogen-bond acceptors (Lipinski definition) is 1. The maximum Gasteiger partial charge on any atom is 0.247 e. The SMILES string of the molecule is CC(C(=O)Nc1cccc(Cl)c1)n1cccc1. The van der Waals surface area contributed by atoms with Crippen molar-refractivity contribution in [3.8, 4) is 0 Å². The lowest BCUT2D eigenvalue weighted by Gasteiger charge is -2.13. The molecule has 0 radical (unpaired) electrons. The van der Waals surface area contributed by atoms with Gasteiger partial charge < -0.3 is 9.88 Å². The quantitative estimate of drug-likeness (QED) is 0.888. The van der Waals surface area contributed by atoms with Crippen LogP contribution < -0.4 is 5.32 Å². The second-order valence-electron chi connectivity index (χ2n) is 3.81. The minimum Gasteiger partial charge on any atom is -0.342 e. The fraction of sp³-hybridized carbons (Fsp3) is 0.154. The van der Waals surface area contributed by atoms with Crippen LogP contribution in [-0.2, 0) is 4.79 Å². The van der Waals surface area contributed by atoms with Gasteiger partial charge in [0.15, 0.2) is 0 Å². The number of benzene rings is 1. The van der Waals surface area contributed by atoms with Crippen LogP contribution in [0.3, 0.4) is 0 Å². The fourth-order valence-electron chi connectivity index (χ4n) is 1.55. The molecule has 0 spiro atoms. The van der Waals surface area contributed by atoms with E-state index in [1.54, 1.807) is 18.2 Å². The van der Waals surface area contributed by atoms with Crippen molar-refractivity contribution in [3.05, 3.63) is 53.8 Å². The van der Waals surface area contributed by atoms with E-state index in [2.05, 4.69) is 5.32 Å². The number of halogens is 1. The van der Waals surface area contributed by atoms with Crippen LogP contribution in [0, 0.1) is 0 Å². The standard InChI is InChI=1S/C13H13ClN2O/c1-10(16-7-2-3-8-16)13(17)15-12-6-4-5-11(14)9-12/h2-10H,1H3,(H,15,17). The van der Waals surface area contributed by atoms with Crippen LogP contribution >= 0.6 is 11.6 Å². The number of nitrogens with one attached hydrogen (secondary N) is 1. The highest BCUT2D eigenvalue weighted by molar-refractivity contribution is 6.30. The topological polar surface area (TPSA) is 34.0 Å². The molecule has 1 unspecified atom stereocenters. The molecule has 2 rings (SSSR count). The van der Waals surface area contributed by atoms with Gasteiger partial charge in [0.25, 0.3) is 0 Å². The van der Waals surface area contributed by atoms with Crippen LogP contribution in [0.2, 0.25) is 5.02 Å². The van der Waals surface area contributed by atoms with Crippen LogP contribution in [0.5, 0.6) is 0 Å².